The van der Waals surface area contributed by atoms with Crippen molar-refractivity contribution in [2.45, 2.75) is 18.9 Å². The Labute approximate surface area is 136 Å². The van der Waals surface area contributed by atoms with Crippen LogP contribution in [-0.2, 0) is 12.8 Å². The van der Waals surface area contributed by atoms with E-state index in [0.717, 1.165) is 36.3 Å². The number of benzene rings is 2. The van der Waals surface area contributed by atoms with Crippen molar-refractivity contribution in [3.05, 3.63) is 41.0 Å². The minimum atomic E-state index is 0.237. The van der Waals surface area contributed by atoms with E-state index in [1.807, 2.05) is 18.2 Å². The lowest BCUT2D eigenvalue weighted by molar-refractivity contribution is 0.227. The summed E-state index contributed by atoms with van der Waals surface area (Å²) in [5, 5.41) is 10.8. The number of phenols is 1. The number of nitrogens with zero attached hydrogens (tertiary/aromatic N) is 1. The van der Waals surface area contributed by atoms with Gasteiger partial charge in [0, 0.05) is 18.2 Å². The molecule has 1 atom stereocenters. The quantitative estimate of drug-likeness (QED) is 0.925. The summed E-state index contributed by atoms with van der Waals surface area (Å²) in [5.74, 6) is 1.60. The second-order valence-electron chi connectivity index (χ2n) is 6.35. The molecule has 1 aliphatic carbocycles. The zero-order valence-electron chi connectivity index (χ0n) is 13.7. The summed E-state index contributed by atoms with van der Waals surface area (Å²) >= 11 is 0. The van der Waals surface area contributed by atoms with Gasteiger partial charge < -0.3 is 14.6 Å². The number of ether oxygens (including phenoxy) is 2. The second-order valence-corrected chi connectivity index (χ2v) is 6.35. The highest BCUT2D eigenvalue weighted by Gasteiger charge is 2.35. The van der Waals surface area contributed by atoms with E-state index in [1.165, 1.54) is 16.7 Å². The summed E-state index contributed by atoms with van der Waals surface area (Å²) in [5.41, 5.74) is 5.75. The Hall–Kier alpha value is -2.20. The number of hydrogen-bond acceptors (Lipinski definition) is 4. The lowest BCUT2D eigenvalue weighted by Gasteiger charge is -2.40. The number of methoxy groups -OCH3 is 2. The lowest BCUT2D eigenvalue weighted by atomic mass is 9.76. The van der Waals surface area contributed by atoms with Crippen LogP contribution >= 0.6 is 0 Å². The molecule has 4 rings (SSSR count). The van der Waals surface area contributed by atoms with Crippen molar-refractivity contribution in [3.8, 4) is 28.4 Å². The Morgan fingerprint density at radius 3 is 2.70 bits per heavy atom. The van der Waals surface area contributed by atoms with Gasteiger partial charge in [0.15, 0.2) is 11.5 Å². The molecule has 1 aliphatic heterocycles. The summed E-state index contributed by atoms with van der Waals surface area (Å²) in [6.07, 6.45) is 1.94. The van der Waals surface area contributed by atoms with Crippen molar-refractivity contribution in [3.63, 3.8) is 0 Å². The number of fused-ring (bicyclic) bond motifs is 2. The molecule has 0 saturated heterocycles. The Morgan fingerprint density at radius 2 is 1.96 bits per heavy atom. The second kappa shape index (κ2) is 5.17. The molecule has 2 aliphatic rings. The largest absolute Gasteiger partial charge is 0.504 e. The zero-order valence-corrected chi connectivity index (χ0v) is 13.7. The van der Waals surface area contributed by atoms with Gasteiger partial charge in [0.25, 0.3) is 0 Å². The van der Waals surface area contributed by atoms with Gasteiger partial charge in [-0.3, -0.25) is 4.90 Å². The molecule has 4 nitrogen and oxygen atoms in total. The maximum Gasteiger partial charge on any atom is 0.166 e. The van der Waals surface area contributed by atoms with Gasteiger partial charge in [-0.2, -0.15) is 0 Å². The summed E-state index contributed by atoms with van der Waals surface area (Å²) in [6.45, 7) is 1.02. The minimum Gasteiger partial charge on any atom is -0.504 e. The van der Waals surface area contributed by atoms with Gasteiger partial charge in [0.2, 0.25) is 0 Å². The van der Waals surface area contributed by atoms with Crippen molar-refractivity contribution in [1.29, 1.82) is 0 Å². The van der Waals surface area contributed by atoms with Crippen LogP contribution in [0.4, 0.5) is 0 Å². The number of phenolic OH excluding ortho intramolecular Hbond substituents is 1. The number of likely N-dealkylation sites (N-methyl/N-ethyl adjacent to an activating group) is 1. The van der Waals surface area contributed by atoms with Crippen molar-refractivity contribution < 1.29 is 14.6 Å². The average molecular weight is 311 g/mol. The highest BCUT2D eigenvalue weighted by atomic mass is 16.5. The van der Waals surface area contributed by atoms with Crippen LogP contribution in [-0.4, -0.2) is 37.8 Å². The minimum absolute atomic E-state index is 0.237. The standard InChI is InChI=1S/C19H21NO3/c1-20-7-6-12-9-16(23-3)19(21)18-14-10-13(22-2)5-4-11(14)8-15(20)17(12)18/h4-5,9-10,15,21H,6-8H2,1-3H3/t15-/m1/s1. The predicted octanol–water partition coefficient (Wildman–Crippen LogP) is 3.16. The van der Waals surface area contributed by atoms with Gasteiger partial charge in [-0.05, 0) is 60.3 Å². The van der Waals surface area contributed by atoms with E-state index in [9.17, 15) is 5.11 Å². The van der Waals surface area contributed by atoms with Crippen LogP contribution < -0.4 is 9.47 Å². The van der Waals surface area contributed by atoms with Gasteiger partial charge in [0.05, 0.1) is 14.2 Å². The highest BCUT2D eigenvalue weighted by molar-refractivity contribution is 5.83. The first-order valence-electron chi connectivity index (χ1n) is 7.94. The molecule has 0 amide bonds. The molecule has 0 saturated carbocycles. The molecule has 0 unspecified atom stereocenters. The Kier molecular flexibility index (Phi) is 3.23. The third kappa shape index (κ3) is 2.01. The molecular weight excluding hydrogens is 290 g/mol. The summed E-state index contributed by atoms with van der Waals surface area (Å²) in [7, 11) is 5.44. The molecule has 2 aromatic rings. The summed E-state index contributed by atoms with van der Waals surface area (Å²) in [4.78, 5) is 2.38. The predicted molar refractivity (Wildman–Crippen MR) is 89.4 cm³/mol. The summed E-state index contributed by atoms with van der Waals surface area (Å²) in [6, 6.07) is 8.43. The third-order valence-electron chi connectivity index (χ3n) is 5.21. The van der Waals surface area contributed by atoms with Crippen molar-refractivity contribution in [2.75, 3.05) is 27.8 Å². The van der Waals surface area contributed by atoms with Gasteiger partial charge in [-0.15, -0.1) is 0 Å². The van der Waals surface area contributed by atoms with Crippen molar-refractivity contribution >= 4 is 0 Å². The van der Waals surface area contributed by atoms with Crippen molar-refractivity contribution in [1.82, 2.24) is 4.90 Å². The van der Waals surface area contributed by atoms with Crippen LogP contribution in [0.1, 0.15) is 22.7 Å². The maximum absolute atomic E-state index is 10.8. The Bertz CT molecular complexity index is 785. The van der Waals surface area contributed by atoms with E-state index in [1.54, 1.807) is 14.2 Å². The highest BCUT2D eigenvalue weighted by Crippen LogP contribution is 2.52. The van der Waals surface area contributed by atoms with Crippen LogP contribution in [0.3, 0.4) is 0 Å². The van der Waals surface area contributed by atoms with E-state index >= 15 is 0 Å². The van der Waals surface area contributed by atoms with Crippen molar-refractivity contribution in [2.24, 2.45) is 0 Å². The molecule has 0 fully saturated rings. The van der Waals surface area contributed by atoms with Crippen LogP contribution in [0.5, 0.6) is 17.2 Å². The van der Waals surface area contributed by atoms with E-state index in [2.05, 4.69) is 18.0 Å². The molecule has 0 radical (unpaired) electrons. The SMILES string of the molecule is COc1ccc2c(c1)-c1c(O)c(OC)cc3c1[C@@H](C2)N(C)CC3. The topological polar surface area (TPSA) is 41.9 Å². The summed E-state index contributed by atoms with van der Waals surface area (Å²) < 4.78 is 10.8. The number of rotatable bonds is 2. The van der Waals surface area contributed by atoms with E-state index in [-0.39, 0.29) is 5.75 Å². The zero-order chi connectivity index (χ0) is 16.1. The molecule has 23 heavy (non-hydrogen) atoms. The third-order valence-corrected chi connectivity index (χ3v) is 5.21. The molecule has 1 heterocycles. The molecular formula is C19H21NO3. The number of hydrogen-bond donors (Lipinski definition) is 1. The fourth-order valence-corrected chi connectivity index (χ4v) is 3.96. The van der Waals surface area contributed by atoms with E-state index in [0.29, 0.717) is 11.8 Å². The molecule has 0 spiro atoms. The number of aromatic hydroxyl groups is 1. The smallest absolute Gasteiger partial charge is 0.166 e. The Morgan fingerprint density at radius 1 is 1.13 bits per heavy atom. The van der Waals surface area contributed by atoms with Gasteiger partial charge in [0.1, 0.15) is 5.75 Å². The van der Waals surface area contributed by atoms with E-state index < -0.39 is 0 Å². The molecule has 0 aromatic heterocycles. The van der Waals surface area contributed by atoms with E-state index in [4.69, 9.17) is 9.47 Å². The molecule has 120 valence electrons. The normalized spacial score (nSPS) is 19.0. The monoisotopic (exact) mass is 311 g/mol. The first-order chi connectivity index (χ1) is 11.1. The average Bonchev–Trinajstić information content (AvgIpc) is 2.58. The Balaban J connectivity index is 2.05. The van der Waals surface area contributed by atoms with Gasteiger partial charge >= 0.3 is 0 Å². The lowest BCUT2D eigenvalue weighted by Crippen LogP contribution is -2.35. The maximum atomic E-state index is 10.8. The first-order valence-corrected chi connectivity index (χ1v) is 7.94. The fraction of sp³-hybridized carbons (Fsp3) is 0.368. The first kappa shape index (κ1) is 14.4. The molecule has 2 aromatic carbocycles. The van der Waals surface area contributed by atoms with Gasteiger partial charge in [-0.25, -0.2) is 0 Å². The van der Waals surface area contributed by atoms with Gasteiger partial charge in [-0.1, -0.05) is 6.07 Å². The van der Waals surface area contributed by atoms with Crippen LogP contribution in [0.25, 0.3) is 11.1 Å². The molecule has 4 heteroatoms. The molecule has 1 N–H and O–H groups in total. The van der Waals surface area contributed by atoms with Crippen LogP contribution in [0, 0.1) is 0 Å². The molecule has 0 bridgehead atoms. The van der Waals surface area contributed by atoms with Crippen LogP contribution in [0.15, 0.2) is 24.3 Å². The fourth-order valence-electron chi connectivity index (χ4n) is 3.96. The van der Waals surface area contributed by atoms with Crippen LogP contribution in [0.2, 0.25) is 0 Å².